The highest BCUT2D eigenvalue weighted by Crippen LogP contribution is 2.32. The maximum Gasteiger partial charge on any atom is 0.415 e. The van der Waals surface area contributed by atoms with Crippen molar-refractivity contribution >= 4 is 17.7 Å². The number of ether oxygens (including phenoxy) is 3. The van der Waals surface area contributed by atoms with E-state index in [2.05, 4.69) is 12.1 Å². The average molecular weight is 452 g/mol. The van der Waals surface area contributed by atoms with E-state index in [1.54, 1.807) is 12.0 Å². The van der Waals surface area contributed by atoms with Crippen molar-refractivity contribution in [3.05, 3.63) is 60.2 Å². The van der Waals surface area contributed by atoms with Crippen LogP contribution in [0.15, 0.2) is 54.6 Å². The number of anilines is 1. The highest BCUT2D eigenvalue weighted by Gasteiger charge is 2.43. The van der Waals surface area contributed by atoms with E-state index in [9.17, 15) is 9.59 Å². The van der Waals surface area contributed by atoms with Crippen LogP contribution in [0, 0.1) is 5.92 Å². The molecule has 1 aliphatic heterocycles. The van der Waals surface area contributed by atoms with Crippen LogP contribution in [0.3, 0.4) is 0 Å². The van der Waals surface area contributed by atoms with Gasteiger partial charge in [-0.3, -0.25) is 9.69 Å². The Labute approximate surface area is 195 Å². The van der Waals surface area contributed by atoms with Crippen molar-refractivity contribution in [2.45, 2.75) is 63.5 Å². The Hall–Kier alpha value is -3.02. The molecule has 2 aliphatic rings. The smallest absolute Gasteiger partial charge is 0.415 e. The normalized spacial score (nSPS) is 21.0. The molecule has 4 rings (SSSR count). The van der Waals surface area contributed by atoms with Crippen LogP contribution in [0.5, 0.6) is 5.75 Å². The minimum Gasteiger partial charge on any atom is -0.497 e. The first kappa shape index (κ1) is 23.1. The molecule has 0 spiro atoms. The Bertz CT molecular complexity index is 908. The molecule has 2 atom stereocenters. The molecule has 1 saturated heterocycles. The van der Waals surface area contributed by atoms with Crippen molar-refractivity contribution in [3.63, 3.8) is 0 Å². The van der Waals surface area contributed by atoms with E-state index in [4.69, 9.17) is 14.2 Å². The van der Waals surface area contributed by atoms with Gasteiger partial charge in [-0.15, -0.1) is 0 Å². The Kier molecular flexibility index (Phi) is 7.87. The first-order valence-corrected chi connectivity index (χ1v) is 12.0. The number of benzene rings is 2. The molecular weight excluding hydrogens is 418 g/mol. The molecule has 0 unspecified atom stereocenters. The van der Waals surface area contributed by atoms with E-state index in [-0.39, 0.29) is 24.5 Å². The van der Waals surface area contributed by atoms with Crippen LogP contribution in [0.25, 0.3) is 0 Å². The number of esters is 1. The zero-order chi connectivity index (χ0) is 23.0. The van der Waals surface area contributed by atoms with Crippen molar-refractivity contribution in [1.29, 1.82) is 0 Å². The van der Waals surface area contributed by atoms with Crippen molar-refractivity contribution in [3.8, 4) is 5.75 Å². The number of carbonyl (C=O) groups is 2. The third kappa shape index (κ3) is 5.86. The quantitative estimate of drug-likeness (QED) is 0.469. The van der Waals surface area contributed by atoms with Gasteiger partial charge in [0.1, 0.15) is 12.4 Å². The van der Waals surface area contributed by atoms with Crippen LogP contribution in [-0.2, 0) is 20.7 Å². The standard InChI is InChI=1S/C27H33NO5/c1-31-23-17-15-22(16-18-23)28-24(14-8-11-20-9-4-2-5-10-20)25(33-27(28)30)19-32-26(29)21-12-6-3-7-13-21/h2,4-5,9-10,15-18,21,24-25H,3,6-8,11-14,19H2,1H3/t24-,25-/m1/s1. The zero-order valence-electron chi connectivity index (χ0n) is 19.3. The van der Waals surface area contributed by atoms with Crippen molar-refractivity contribution in [2.75, 3.05) is 18.6 Å². The number of carbonyl (C=O) groups excluding carboxylic acids is 2. The molecule has 0 bridgehead atoms. The first-order chi connectivity index (χ1) is 16.2. The highest BCUT2D eigenvalue weighted by molar-refractivity contribution is 5.90. The van der Waals surface area contributed by atoms with Gasteiger partial charge in [0.25, 0.3) is 0 Å². The van der Waals surface area contributed by atoms with E-state index in [0.717, 1.165) is 56.4 Å². The number of aryl methyl sites for hydroxylation is 1. The Morgan fingerprint density at radius 3 is 2.45 bits per heavy atom. The van der Waals surface area contributed by atoms with Crippen LogP contribution >= 0.6 is 0 Å². The number of hydrogen-bond acceptors (Lipinski definition) is 5. The molecule has 1 aliphatic carbocycles. The molecule has 0 aromatic heterocycles. The maximum absolute atomic E-state index is 12.9. The molecule has 6 heteroatoms. The summed E-state index contributed by atoms with van der Waals surface area (Å²) in [5.41, 5.74) is 2.02. The van der Waals surface area contributed by atoms with E-state index in [1.807, 2.05) is 42.5 Å². The van der Waals surface area contributed by atoms with Gasteiger partial charge in [0, 0.05) is 5.69 Å². The van der Waals surface area contributed by atoms with Gasteiger partial charge in [0.15, 0.2) is 6.10 Å². The van der Waals surface area contributed by atoms with E-state index < -0.39 is 12.2 Å². The van der Waals surface area contributed by atoms with Crippen LogP contribution < -0.4 is 9.64 Å². The van der Waals surface area contributed by atoms with E-state index in [1.165, 1.54) is 12.0 Å². The summed E-state index contributed by atoms with van der Waals surface area (Å²) in [7, 11) is 1.61. The second-order valence-electron chi connectivity index (χ2n) is 8.90. The van der Waals surface area contributed by atoms with E-state index in [0.29, 0.717) is 0 Å². The number of rotatable bonds is 9. The lowest BCUT2D eigenvalue weighted by atomic mass is 9.89. The topological polar surface area (TPSA) is 65.1 Å². The predicted molar refractivity (Wildman–Crippen MR) is 126 cm³/mol. The van der Waals surface area contributed by atoms with Gasteiger partial charge < -0.3 is 14.2 Å². The fourth-order valence-corrected chi connectivity index (χ4v) is 4.85. The third-order valence-electron chi connectivity index (χ3n) is 6.70. The van der Waals surface area contributed by atoms with Gasteiger partial charge in [-0.25, -0.2) is 4.79 Å². The van der Waals surface area contributed by atoms with Gasteiger partial charge in [0.05, 0.1) is 19.1 Å². The van der Waals surface area contributed by atoms with E-state index >= 15 is 0 Å². The molecule has 176 valence electrons. The first-order valence-electron chi connectivity index (χ1n) is 12.0. The second kappa shape index (κ2) is 11.2. The summed E-state index contributed by atoms with van der Waals surface area (Å²) >= 11 is 0. The lowest BCUT2D eigenvalue weighted by molar-refractivity contribution is -0.152. The largest absolute Gasteiger partial charge is 0.497 e. The number of cyclic esters (lactones) is 1. The Morgan fingerprint density at radius 1 is 1.03 bits per heavy atom. The molecule has 1 amide bonds. The average Bonchev–Trinajstić information content (AvgIpc) is 3.18. The van der Waals surface area contributed by atoms with Crippen LogP contribution in [-0.4, -0.2) is 37.9 Å². The molecule has 0 radical (unpaired) electrons. The number of hydrogen-bond donors (Lipinski definition) is 0. The molecular formula is C27H33NO5. The molecule has 2 aromatic carbocycles. The zero-order valence-corrected chi connectivity index (χ0v) is 19.3. The molecule has 2 aromatic rings. The predicted octanol–water partition coefficient (Wildman–Crippen LogP) is 5.54. The molecule has 0 N–H and O–H groups in total. The van der Waals surface area contributed by atoms with Crippen molar-refractivity contribution in [1.82, 2.24) is 0 Å². The van der Waals surface area contributed by atoms with Gasteiger partial charge in [-0.2, -0.15) is 0 Å². The SMILES string of the molecule is COc1ccc(N2C(=O)O[C@H](COC(=O)C3CCCCC3)[C@H]2CCCc2ccccc2)cc1. The second-order valence-corrected chi connectivity index (χ2v) is 8.90. The summed E-state index contributed by atoms with van der Waals surface area (Å²) in [6.07, 6.45) is 6.79. The van der Waals surface area contributed by atoms with Gasteiger partial charge in [0.2, 0.25) is 0 Å². The lowest BCUT2D eigenvalue weighted by Gasteiger charge is -2.26. The number of nitrogens with zero attached hydrogens (tertiary/aromatic N) is 1. The minimum atomic E-state index is -0.483. The Balaban J connectivity index is 1.44. The molecule has 1 saturated carbocycles. The monoisotopic (exact) mass is 451 g/mol. The third-order valence-corrected chi connectivity index (χ3v) is 6.70. The van der Waals surface area contributed by atoms with Gasteiger partial charge >= 0.3 is 12.1 Å². The summed E-state index contributed by atoms with van der Waals surface area (Å²) < 4.78 is 16.6. The van der Waals surface area contributed by atoms with Crippen LogP contribution in [0.2, 0.25) is 0 Å². The van der Waals surface area contributed by atoms with Gasteiger partial charge in [-0.1, -0.05) is 49.6 Å². The highest BCUT2D eigenvalue weighted by atomic mass is 16.6. The molecule has 2 fully saturated rings. The molecule has 1 heterocycles. The summed E-state index contributed by atoms with van der Waals surface area (Å²) in [6.45, 7) is 0.101. The summed E-state index contributed by atoms with van der Waals surface area (Å²) in [4.78, 5) is 27.1. The number of methoxy groups -OCH3 is 1. The van der Waals surface area contributed by atoms with Crippen molar-refractivity contribution < 1.29 is 23.8 Å². The minimum absolute atomic E-state index is 0.0231. The molecule has 33 heavy (non-hydrogen) atoms. The van der Waals surface area contributed by atoms with Gasteiger partial charge in [-0.05, 0) is 61.9 Å². The maximum atomic E-state index is 12.9. The number of amides is 1. The fraction of sp³-hybridized carbons (Fsp3) is 0.481. The van der Waals surface area contributed by atoms with Crippen molar-refractivity contribution in [2.24, 2.45) is 5.92 Å². The summed E-state index contributed by atoms with van der Waals surface area (Å²) in [5, 5.41) is 0. The van der Waals surface area contributed by atoms with Crippen LogP contribution in [0.4, 0.5) is 10.5 Å². The molecule has 6 nitrogen and oxygen atoms in total. The van der Waals surface area contributed by atoms with Crippen LogP contribution in [0.1, 0.15) is 50.5 Å². The lowest BCUT2D eigenvalue weighted by Crippen LogP contribution is -2.39. The fourth-order valence-electron chi connectivity index (χ4n) is 4.85. The summed E-state index contributed by atoms with van der Waals surface area (Å²) in [6, 6.07) is 17.5. The summed E-state index contributed by atoms with van der Waals surface area (Å²) in [5.74, 6) is 0.548. The Morgan fingerprint density at radius 2 is 1.76 bits per heavy atom.